The topological polar surface area (TPSA) is 20.2 Å². The summed E-state index contributed by atoms with van der Waals surface area (Å²) in [5.41, 5.74) is 1.37. The second-order valence-corrected chi connectivity index (χ2v) is 10.3. The average molecular weight is 415 g/mol. The first-order valence-electron chi connectivity index (χ1n) is 6.89. The molecule has 1 fully saturated rings. The highest BCUT2D eigenvalue weighted by Crippen LogP contribution is 2.63. The SMILES string of the molecule is CC1=C[C@@H](O)[C@@H](Br)C(C)(C)[C@]12CC[C@](C)(Br)[C@@H](Cl)C2. The predicted molar refractivity (Wildman–Crippen MR) is 89.5 cm³/mol. The molecular formula is C15H23Br2ClO. The standard InChI is InChI=1S/C15H23Br2ClO/c1-9-7-10(19)12(16)13(2,3)15(9)6-5-14(4,17)11(18)8-15/h7,10-12,19H,5-6,8H2,1-4H3/t10-,11+,12-,14+,15+/m1/s1. The molecule has 19 heavy (non-hydrogen) atoms. The Morgan fingerprint density at radius 2 is 1.89 bits per heavy atom. The summed E-state index contributed by atoms with van der Waals surface area (Å²) in [4.78, 5) is 0.0762. The van der Waals surface area contributed by atoms with E-state index in [0.29, 0.717) is 0 Å². The third-order valence-electron chi connectivity index (χ3n) is 5.62. The summed E-state index contributed by atoms with van der Waals surface area (Å²) in [5, 5.41) is 10.3. The van der Waals surface area contributed by atoms with Gasteiger partial charge in [-0.05, 0) is 43.9 Å². The highest BCUT2D eigenvalue weighted by atomic mass is 79.9. The van der Waals surface area contributed by atoms with E-state index in [-0.39, 0.29) is 25.4 Å². The molecule has 0 saturated heterocycles. The molecule has 110 valence electrons. The fourth-order valence-corrected chi connectivity index (χ4v) is 5.20. The van der Waals surface area contributed by atoms with E-state index in [0.717, 1.165) is 19.3 Å². The molecule has 2 aliphatic rings. The number of rotatable bonds is 0. The first-order chi connectivity index (χ1) is 8.54. The number of aliphatic hydroxyl groups excluding tert-OH is 1. The number of alkyl halides is 3. The smallest absolute Gasteiger partial charge is 0.0854 e. The molecule has 0 bridgehead atoms. The minimum absolute atomic E-state index is 0.0120. The maximum Gasteiger partial charge on any atom is 0.0854 e. The zero-order chi connectivity index (χ0) is 14.6. The molecule has 0 heterocycles. The van der Waals surface area contributed by atoms with Crippen LogP contribution in [-0.4, -0.2) is 25.7 Å². The summed E-state index contributed by atoms with van der Waals surface area (Å²) in [7, 11) is 0. The zero-order valence-electron chi connectivity index (χ0n) is 12.0. The van der Waals surface area contributed by atoms with E-state index in [1.165, 1.54) is 5.57 Å². The minimum Gasteiger partial charge on any atom is -0.388 e. The van der Waals surface area contributed by atoms with E-state index in [4.69, 9.17) is 11.6 Å². The van der Waals surface area contributed by atoms with Gasteiger partial charge in [0.1, 0.15) is 0 Å². The third-order valence-corrected chi connectivity index (χ3v) is 9.15. The average Bonchev–Trinajstić information content (AvgIpc) is 2.29. The van der Waals surface area contributed by atoms with Gasteiger partial charge in [0.05, 0.1) is 10.9 Å². The lowest BCUT2D eigenvalue weighted by molar-refractivity contribution is 0.0122. The quantitative estimate of drug-likeness (QED) is 0.435. The summed E-state index contributed by atoms with van der Waals surface area (Å²) in [6.07, 6.45) is 4.74. The Kier molecular flexibility index (Phi) is 4.29. The molecule has 1 saturated carbocycles. The molecule has 0 amide bonds. The molecule has 2 aliphatic carbocycles. The number of hydrogen-bond acceptors (Lipinski definition) is 1. The van der Waals surface area contributed by atoms with Crippen LogP contribution in [0.25, 0.3) is 0 Å². The predicted octanol–water partition coefficient (Wildman–Crippen LogP) is 5.03. The maximum absolute atomic E-state index is 10.2. The van der Waals surface area contributed by atoms with Crippen LogP contribution in [0.1, 0.15) is 47.0 Å². The van der Waals surface area contributed by atoms with E-state index in [2.05, 4.69) is 59.6 Å². The molecular weight excluding hydrogens is 391 g/mol. The molecule has 1 N–H and O–H groups in total. The summed E-state index contributed by atoms with van der Waals surface area (Å²) >= 11 is 14.1. The van der Waals surface area contributed by atoms with Crippen LogP contribution in [0.3, 0.4) is 0 Å². The van der Waals surface area contributed by atoms with Crippen molar-refractivity contribution in [3.8, 4) is 0 Å². The Balaban J connectivity index is 2.45. The number of hydrogen-bond donors (Lipinski definition) is 1. The van der Waals surface area contributed by atoms with Gasteiger partial charge in [-0.1, -0.05) is 57.4 Å². The van der Waals surface area contributed by atoms with Crippen LogP contribution < -0.4 is 0 Å². The third kappa shape index (κ3) is 2.37. The van der Waals surface area contributed by atoms with Crippen molar-refractivity contribution >= 4 is 43.5 Å². The molecule has 1 nitrogen and oxygen atoms in total. The van der Waals surface area contributed by atoms with Crippen molar-refractivity contribution in [2.45, 2.75) is 67.6 Å². The summed E-state index contributed by atoms with van der Waals surface area (Å²) in [6, 6.07) is 0. The van der Waals surface area contributed by atoms with Gasteiger partial charge in [0.2, 0.25) is 0 Å². The van der Waals surface area contributed by atoms with Crippen molar-refractivity contribution < 1.29 is 5.11 Å². The van der Waals surface area contributed by atoms with Gasteiger partial charge in [-0.3, -0.25) is 0 Å². The van der Waals surface area contributed by atoms with Crippen LogP contribution in [-0.2, 0) is 0 Å². The monoisotopic (exact) mass is 412 g/mol. The first-order valence-corrected chi connectivity index (χ1v) is 9.03. The van der Waals surface area contributed by atoms with Crippen LogP contribution in [0.5, 0.6) is 0 Å². The van der Waals surface area contributed by atoms with Gasteiger partial charge in [0.15, 0.2) is 0 Å². The van der Waals surface area contributed by atoms with E-state index in [9.17, 15) is 5.11 Å². The maximum atomic E-state index is 10.2. The Morgan fingerprint density at radius 1 is 1.32 bits per heavy atom. The molecule has 0 radical (unpaired) electrons. The van der Waals surface area contributed by atoms with Crippen molar-refractivity contribution in [3.63, 3.8) is 0 Å². The summed E-state index contributed by atoms with van der Waals surface area (Å²) < 4.78 is 0.0219. The largest absolute Gasteiger partial charge is 0.388 e. The molecule has 0 aromatic rings. The van der Waals surface area contributed by atoms with Crippen molar-refractivity contribution in [1.82, 2.24) is 0 Å². The highest BCUT2D eigenvalue weighted by molar-refractivity contribution is 9.10. The van der Waals surface area contributed by atoms with E-state index in [1.807, 2.05) is 6.08 Å². The van der Waals surface area contributed by atoms with Gasteiger partial charge >= 0.3 is 0 Å². The molecule has 4 heteroatoms. The zero-order valence-corrected chi connectivity index (χ0v) is 15.9. The molecule has 1 spiro atoms. The van der Waals surface area contributed by atoms with Crippen LogP contribution in [0.2, 0.25) is 0 Å². The lowest BCUT2D eigenvalue weighted by atomic mass is 9.50. The van der Waals surface area contributed by atoms with Gasteiger partial charge in [-0.2, -0.15) is 0 Å². The Bertz CT molecular complexity index is 405. The second-order valence-electron chi connectivity index (χ2n) is 7.00. The normalized spacial score (nSPS) is 50.1. The fourth-order valence-electron chi connectivity index (χ4n) is 3.88. The summed E-state index contributed by atoms with van der Waals surface area (Å²) in [6.45, 7) is 8.86. The van der Waals surface area contributed by atoms with Crippen molar-refractivity contribution in [2.75, 3.05) is 0 Å². The number of aliphatic hydroxyl groups is 1. The first kappa shape index (κ1) is 16.3. The molecule has 0 aliphatic heterocycles. The van der Waals surface area contributed by atoms with Crippen LogP contribution in [0, 0.1) is 10.8 Å². The second kappa shape index (κ2) is 5.00. The van der Waals surface area contributed by atoms with Gasteiger partial charge in [0.25, 0.3) is 0 Å². The Morgan fingerprint density at radius 3 is 2.42 bits per heavy atom. The minimum atomic E-state index is -0.410. The lowest BCUT2D eigenvalue weighted by Crippen LogP contribution is -2.56. The molecule has 2 rings (SSSR count). The Labute approximate surface area is 138 Å². The molecule has 0 aromatic heterocycles. The van der Waals surface area contributed by atoms with Crippen LogP contribution >= 0.6 is 43.5 Å². The lowest BCUT2D eigenvalue weighted by Gasteiger charge is -2.59. The molecule has 0 aromatic carbocycles. The number of allylic oxidation sites excluding steroid dienone is 1. The number of halogens is 3. The van der Waals surface area contributed by atoms with Crippen molar-refractivity contribution in [1.29, 1.82) is 0 Å². The highest BCUT2D eigenvalue weighted by Gasteiger charge is 2.58. The molecule has 5 atom stereocenters. The van der Waals surface area contributed by atoms with Gasteiger partial charge in [0, 0.05) is 9.70 Å². The van der Waals surface area contributed by atoms with Crippen LogP contribution in [0.15, 0.2) is 11.6 Å². The van der Waals surface area contributed by atoms with E-state index >= 15 is 0 Å². The van der Waals surface area contributed by atoms with Gasteiger partial charge in [-0.15, -0.1) is 11.6 Å². The summed E-state index contributed by atoms with van der Waals surface area (Å²) in [5.74, 6) is 0. The fraction of sp³-hybridized carbons (Fsp3) is 0.867. The van der Waals surface area contributed by atoms with Crippen molar-refractivity contribution in [3.05, 3.63) is 11.6 Å². The van der Waals surface area contributed by atoms with E-state index < -0.39 is 6.10 Å². The van der Waals surface area contributed by atoms with Crippen molar-refractivity contribution in [2.24, 2.45) is 10.8 Å². The Hall–Kier alpha value is 0.950. The van der Waals surface area contributed by atoms with E-state index in [1.54, 1.807) is 0 Å². The van der Waals surface area contributed by atoms with Gasteiger partial charge in [-0.25, -0.2) is 0 Å². The van der Waals surface area contributed by atoms with Crippen LogP contribution in [0.4, 0.5) is 0 Å². The van der Waals surface area contributed by atoms with Gasteiger partial charge < -0.3 is 5.11 Å². The molecule has 0 unspecified atom stereocenters.